The number of aromatic nitrogens is 2. The second-order valence-corrected chi connectivity index (χ2v) is 5.49. The van der Waals surface area contributed by atoms with Gasteiger partial charge in [-0.3, -0.25) is 4.99 Å². The van der Waals surface area contributed by atoms with Gasteiger partial charge in [0.2, 0.25) is 5.89 Å². The van der Waals surface area contributed by atoms with E-state index in [0.29, 0.717) is 24.1 Å². The number of aliphatic imine (C=N–C) groups is 1. The molecule has 1 aromatic heterocycles. The monoisotopic (exact) mass is 409 g/mol. The van der Waals surface area contributed by atoms with Crippen molar-refractivity contribution in [2.45, 2.75) is 47.0 Å². The van der Waals surface area contributed by atoms with E-state index >= 15 is 0 Å². The van der Waals surface area contributed by atoms with Crippen molar-refractivity contribution in [3.05, 3.63) is 11.7 Å². The van der Waals surface area contributed by atoms with Gasteiger partial charge in [-0.2, -0.15) is 4.98 Å². The van der Waals surface area contributed by atoms with Crippen LogP contribution in [0.15, 0.2) is 9.52 Å². The molecule has 21 heavy (non-hydrogen) atoms. The van der Waals surface area contributed by atoms with Crippen LogP contribution in [-0.2, 0) is 6.42 Å². The molecule has 1 aromatic rings. The van der Waals surface area contributed by atoms with Crippen molar-refractivity contribution in [2.24, 2.45) is 10.9 Å². The average molecular weight is 409 g/mol. The van der Waals surface area contributed by atoms with Crippen LogP contribution in [-0.4, -0.2) is 35.7 Å². The van der Waals surface area contributed by atoms with Gasteiger partial charge in [-0.25, -0.2) is 0 Å². The third kappa shape index (κ3) is 8.23. The molecule has 0 aromatic carbocycles. The fourth-order valence-electron chi connectivity index (χ4n) is 1.51. The molecule has 0 unspecified atom stereocenters. The highest BCUT2D eigenvalue weighted by Crippen LogP contribution is 2.09. The lowest BCUT2D eigenvalue weighted by molar-refractivity contribution is 0.371. The Labute approximate surface area is 144 Å². The lowest BCUT2D eigenvalue weighted by Gasteiger charge is -2.10. The number of nitrogens with one attached hydrogen (secondary N) is 2. The number of hydrogen-bond acceptors (Lipinski definition) is 4. The minimum atomic E-state index is 0. The van der Waals surface area contributed by atoms with E-state index in [4.69, 9.17) is 4.52 Å². The van der Waals surface area contributed by atoms with Crippen molar-refractivity contribution in [1.82, 2.24) is 20.8 Å². The van der Waals surface area contributed by atoms with E-state index in [2.05, 4.69) is 60.4 Å². The van der Waals surface area contributed by atoms with E-state index in [1.807, 2.05) is 0 Å². The van der Waals surface area contributed by atoms with Crippen molar-refractivity contribution >= 4 is 29.9 Å². The van der Waals surface area contributed by atoms with Gasteiger partial charge in [-0.05, 0) is 12.8 Å². The second kappa shape index (κ2) is 10.8. The molecule has 0 amide bonds. The van der Waals surface area contributed by atoms with Crippen molar-refractivity contribution in [2.75, 3.05) is 19.6 Å². The summed E-state index contributed by atoms with van der Waals surface area (Å²) in [5, 5.41) is 10.4. The molecule has 6 nitrogen and oxygen atoms in total. The molecule has 0 fully saturated rings. The summed E-state index contributed by atoms with van der Waals surface area (Å²) < 4.78 is 5.20. The highest BCUT2D eigenvalue weighted by Gasteiger charge is 2.09. The second-order valence-electron chi connectivity index (χ2n) is 5.49. The number of guanidine groups is 1. The van der Waals surface area contributed by atoms with Gasteiger partial charge in [0, 0.05) is 32.0 Å². The first-order chi connectivity index (χ1) is 9.52. The summed E-state index contributed by atoms with van der Waals surface area (Å²) in [6.07, 6.45) is 0.700. The van der Waals surface area contributed by atoms with Crippen LogP contribution in [0.1, 0.15) is 52.3 Å². The molecule has 7 heteroatoms. The van der Waals surface area contributed by atoms with Gasteiger partial charge in [0.1, 0.15) is 0 Å². The minimum absolute atomic E-state index is 0. The van der Waals surface area contributed by atoms with E-state index in [9.17, 15) is 0 Å². The number of nitrogens with zero attached hydrogens (tertiary/aromatic N) is 3. The molecule has 0 saturated heterocycles. The Morgan fingerprint density at radius 3 is 2.48 bits per heavy atom. The molecular formula is C14H28IN5O. The summed E-state index contributed by atoms with van der Waals surface area (Å²) in [6.45, 7) is 12.8. The molecular weight excluding hydrogens is 381 g/mol. The van der Waals surface area contributed by atoms with Crippen LogP contribution in [0.2, 0.25) is 0 Å². The standard InChI is InChI=1S/C14H27N5O.HI/c1-6-15-14(17-9-10(2)3)16-8-7-12-18-13(11(4)5)19-20-12;/h10-11H,6-9H2,1-5H3,(H2,15,16,17);1H. The molecule has 0 saturated carbocycles. The molecule has 0 bridgehead atoms. The lowest BCUT2D eigenvalue weighted by atomic mass is 10.2. The van der Waals surface area contributed by atoms with E-state index in [1.54, 1.807) is 0 Å². The predicted molar refractivity (Wildman–Crippen MR) is 96.3 cm³/mol. The summed E-state index contributed by atoms with van der Waals surface area (Å²) >= 11 is 0. The summed E-state index contributed by atoms with van der Waals surface area (Å²) in [7, 11) is 0. The van der Waals surface area contributed by atoms with Gasteiger partial charge >= 0.3 is 0 Å². The molecule has 0 atom stereocenters. The van der Waals surface area contributed by atoms with Crippen molar-refractivity contribution in [3.8, 4) is 0 Å². The van der Waals surface area contributed by atoms with Gasteiger partial charge < -0.3 is 15.2 Å². The molecule has 0 aliphatic rings. The fourth-order valence-corrected chi connectivity index (χ4v) is 1.51. The molecule has 0 spiro atoms. The van der Waals surface area contributed by atoms with Crippen LogP contribution in [0.3, 0.4) is 0 Å². The third-order valence-electron chi connectivity index (χ3n) is 2.59. The van der Waals surface area contributed by atoms with Crippen LogP contribution < -0.4 is 10.6 Å². The van der Waals surface area contributed by atoms with Crippen LogP contribution in [0.5, 0.6) is 0 Å². The van der Waals surface area contributed by atoms with Gasteiger partial charge in [-0.1, -0.05) is 32.9 Å². The molecule has 122 valence electrons. The number of hydrogen-bond donors (Lipinski definition) is 2. The van der Waals surface area contributed by atoms with Crippen molar-refractivity contribution in [3.63, 3.8) is 0 Å². The zero-order valence-corrected chi connectivity index (χ0v) is 16.0. The molecule has 2 N–H and O–H groups in total. The largest absolute Gasteiger partial charge is 0.357 e. The summed E-state index contributed by atoms with van der Waals surface area (Å²) in [5.41, 5.74) is 0. The maximum absolute atomic E-state index is 5.20. The van der Waals surface area contributed by atoms with Crippen molar-refractivity contribution in [1.29, 1.82) is 0 Å². The van der Waals surface area contributed by atoms with Gasteiger partial charge in [0.05, 0.1) is 0 Å². The Hall–Kier alpha value is -0.860. The number of rotatable bonds is 7. The molecule has 0 aliphatic heterocycles. The van der Waals surface area contributed by atoms with Crippen LogP contribution in [0.4, 0.5) is 0 Å². The Morgan fingerprint density at radius 2 is 1.95 bits per heavy atom. The summed E-state index contributed by atoms with van der Waals surface area (Å²) in [5.74, 6) is 3.12. The smallest absolute Gasteiger partial charge is 0.228 e. The van der Waals surface area contributed by atoms with Crippen LogP contribution in [0.25, 0.3) is 0 Å². The SMILES string of the molecule is CCNC(=NCC(C)C)NCCc1nc(C(C)C)no1.I. The molecule has 0 aliphatic carbocycles. The summed E-state index contributed by atoms with van der Waals surface area (Å²) in [6, 6.07) is 0. The topological polar surface area (TPSA) is 75.3 Å². The molecule has 1 heterocycles. The van der Waals surface area contributed by atoms with Gasteiger partial charge in [-0.15, -0.1) is 24.0 Å². The fraction of sp³-hybridized carbons (Fsp3) is 0.786. The van der Waals surface area contributed by atoms with E-state index in [1.165, 1.54) is 0 Å². The Bertz CT molecular complexity index is 417. The highest BCUT2D eigenvalue weighted by molar-refractivity contribution is 14.0. The van der Waals surface area contributed by atoms with Crippen LogP contribution >= 0.6 is 24.0 Å². The third-order valence-corrected chi connectivity index (χ3v) is 2.59. The maximum atomic E-state index is 5.20. The molecule has 0 radical (unpaired) electrons. The first kappa shape index (κ1) is 20.1. The van der Waals surface area contributed by atoms with Gasteiger partial charge in [0.25, 0.3) is 0 Å². The average Bonchev–Trinajstić information content (AvgIpc) is 2.85. The maximum Gasteiger partial charge on any atom is 0.228 e. The van der Waals surface area contributed by atoms with Crippen LogP contribution in [0, 0.1) is 5.92 Å². The lowest BCUT2D eigenvalue weighted by Crippen LogP contribution is -2.38. The number of halogens is 1. The normalized spacial score (nSPS) is 11.7. The first-order valence-corrected chi connectivity index (χ1v) is 7.37. The van der Waals surface area contributed by atoms with E-state index in [-0.39, 0.29) is 24.0 Å². The Kier molecular flexibility index (Phi) is 10.4. The highest BCUT2D eigenvalue weighted by atomic mass is 127. The minimum Gasteiger partial charge on any atom is -0.357 e. The molecule has 1 rings (SSSR count). The first-order valence-electron chi connectivity index (χ1n) is 7.37. The van der Waals surface area contributed by atoms with Crippen molar-refractivity contribution < 1.29 is 4.52 Å². The zero-order chi connectivity index (χ0) is 15.0. The predicted octanol–water partition coefficient (Wildman–Crippen LogP) is 2.56. The Balaban J connectivity index is 0.00000400. The van der Waals surface area contributed by atoms with Gasteiger partial charge in [0.15, 0.2) is 11.8 Å². The quantitative estimate of drug-likeness (QED) is 0.411. The van der Waals surface area contributed by atoms with E-state index in [0.717, 1.165) is 31.4 Å². The van der Waals surface area contributed by atoms with E-state index < -0.39 is 0 Å². The summed E-state index contributed by atoms with van der Waals surface area (Å²) in [4.78, 5) is 8.85. The Morgan fingerprint density at radius 1 is 1.24 bits per heavy atom. The zero-order valence-electron chi connectivity index (χ0n) is 13.6.